The van der Waals surface area contributed by atoms with Gasteiger partial charge in [0, 0.05) is 31.9 Å². The van der Waals surface area contributed by atoms with Crippen molar-refractivity contribution in [2.24, 2.45) is 7.05 Å². The van der Waals surface area contributed by atoms with Crippen LogP contribution in [0.2, 0.25) is 5.02 Å². The maximum atomic E-state index is 12.0. The predicted octanol–water partition coefficient (Wildman–Crippen LogP) is 3.62. The number of amides is 1. The Morgan fingerprint density at radius 3 is 2.58 bits per heavy atom. The average molecular weight is 371 g/mol. The molecule has 8 heteroatoms. The number of aryl methyl sites for hydroxylation is 2. The van der Waals surface area contributed by atoms with E-state index >= 15 is 0 Å². The van der Waals surface area contributed by atoms with Crippen molar-refractivity contribution in [2.75, 3.05) is 17.7 Å². The molecule has 0 bridgehead atoms. The summed E-state index contributed by atoms with van der Waals surface area (Å²) in [6.07, 6.45) is 1.55. The molecule has 1 aromatic carbocycles. The van der Waals surface area contributed by atoms with Gasteiger partial charge in [-0.25, -0.2) is 4.98 Å². The highest BCUT2D eigenvalue weighted by Gasteiger charge is 2.12. The summed E-state index contributed by atoms with van der Waals surface area (Å²) in [5, 5.41) is 13.8. The highest BCUT2D eigenvalue weighted by atomic mass is 35.5. The summed E-state index contributed by atoms with van der Waals surface area (Å²) in [6, 6.07) is 10.9. The van der Waals surface area contributed by atoms with Gasteiger partial charge < -0.3 is 16.0 Å². The second kappa shape index (κ2) is 7.45. The maximum Gasteiger partial charge on any atom is 0.253 e. The molecule has 0 unspecified atom stereocenters. The van der Waals surface area contributed by atoms with E-state index in [9.17, 15) is 4.79 Å². The molecule has 0 saturated carbocycles. The summed E-state index contributed by atoms with van der Waals surface area (Å²) in [4.78, 5) is 16.3. The second-order valence-corrected chi connectivity index (χ2v) is 6.13. The summed E-state index contributed by atoms with van der Waals surface area (Å²) in [7, 11) is 3.47. The molecule has 2 aromatic heterocycles. The van der Waals surface area contributed by atoms with Gasteiger partial charge in [0.25, 0.3) is 5.91 Å². The molecular weight excluding hydrogens is 352 g/mol. The summed E-state index contributed by atoms with van der Waals surface area (Å²) in [5.74, 6) is 1.10. The molecule has 0 aliphatic carbocycles. The third-order valence-electron chi connectivity index (χ3n) is 3.89. The molecule has 0 radical (unpaired) electrons. The molecule has 0 aliphatic rings. The summed E-state index contributed by atoms with van der Waals surface area (Å²) in [6.45, 7) is 1.97. The van der Waals surface area contributed by atoms with E-state index in [1.165, 1.54) is 0 Å². The normalized spacial score (nSPS) is 10.5. The van der Waals surface area contributed by atoms with Crippen LogP contribution in [-0.2, 0) is 7.05 Å². The molecule has 3 rings (SSSR count). The number of anilines is 4. The molecular formula is C18H19ClN6O. The van der Waals surface area contributed by atoms with Crippen LogP contribution in [0.1, 0.15) is 16.1 Å². The van der Waals surface area contributed by atoms with Gasteiger partial charge in [-0.3, -0.25) is 9.48 Å². The van der Waals surface area contributed by atoms with Crippen molar-refractivity contribution in [2.45, 2.75) is 6.92 Å². The number of hydrogen-bond donors (Lipinski definition) is 3. The van der Waals surface area contributed by atoms with Gasteiger partial charge in [-0.05, 0) is 19.1 Å². The lowest BCUT2D eigenvalue weighted by Gasteiger charge is -2.13. The Morgan fingerprint density at radius 2 is 1.88 bits per heavy atom. The Hall–Kier alpha value is -3.06. The molecule has 7 nitrogen and oxygen atoms in total. The van der Waals surface area contributed by atoms with Crippen LogP contribution >= 0.6 is 11.6 Å². The summed E-state index contributed by atoms with van der Waals surface area (Å²) in [5.41, 5.74) is 2.84. The smallest absolute Gasteiger partial charge is 0.253 e. The van der Waals surface area contributed by atoms with E-state index in [0.29, 0.717) is 33.6 Å². The van der Waals surface area contributed by atoms with Crippen molar-refractivity contribution in [3.8, 4) is 0 Å². The monoisotopic (exact) mass is 370 g/mol. The SMILES string of the molecule is CNC(=O)c1ccccc1Nc1cc(Nc2cc(C)n(C)n2)ncc1Cl. The highest BCUT2D eigenvalue weighted by molar-refractivity contribution is 6.33. The Kier molecular flexibility index (Phi) is 5.09. The van der Waals surface area contributed by atoms with Crippen LogP contribution < -0.4 is 16.0 Å². The number of nitrogens with zero attached hydrogens (tertiary/aromatic N) is 3. The minimum absolute atomic E-state index is 0.180. The van der Waals surface area contributed by atoms with Crippen molar-refractivity contribution in [3.63, 3.8) is 0 Å². The topological polar surface area (TPSA) is 83.9 Å². The van der Waals surface area contributed by atoms with Gasteiger partial charge in [-0.15, -0.1) is 0 Å². The highest BCUT2D eigenvalue weighted by Crippen LogP contribution is 2.29. The van der Waals surface area contributed by atoms with E-state index in [4.69, 9.17) is 11.6 Å². The number of rotatable bonds is 5. The zero-order valence-electron chi connectivity index (χ0n) is 14.7. The van der Waals surface area contributed by atoms with E-state index in [1.54, 1.807) is 36.1 Å². The summed E-state index contributed by atoms with van der Waals surface area (Å²) < 4.78 is 1.77. The van der Waals surface area contributed by atoms with Crippen molar-refractivity contribution >= 4 is 40.5 Å². The number of hydrogen-bond acceptors (Lipinski definition) is 5. The number of carbonyl (C=O) groups excluding carboxylic acids is 1. The first-order chi connectivity index (χ1) is 12.5. The van der Waals surface area contributed by atoms with E-state index < -0.39 is 0 Å². The first kappa shape index (κ1) is 17.8. The van der Waals surface area contributed by atoms with Crippen LogP contribution in [0.15, 0.2) is 42.6 Å². The van der Waals surface area contributed by atoms with Crippen LogP contribution in [0.4, 0.5) is 23.0 Å². The van der Waals surface area contributed by atoms with Crippen LogP contribution in [0.5, 0.6) is 0 Å². The van der Waals surface area contributed by atoms with Gasteiger partial charge in [0.05, 0.1) is 28.2 Å². The number of carbonyl (C=O) groups is 1. The molecule has 3 N–H and O–H groups in total. The Bertz CT molecular complexity index is 933. The maximum absolute atomic E-state index is 12.0. The fraction of sp³-hybridized carbons (Fsp3) is 0.167. The second-order valence-electron chi connectivity index (χ2n) is 5.72. The van der Waals surface area contributed by atoms with Crippen LogP contribution in [-0.4, -0.2) is 27.7 Å². The average Bonchev–Trinajstić information content (AvgIpc) is 2.95. The lowest BCUT2D eigenvalue weighted by atomic mass is 10.1. The van der Waals surface area contributed by atoms with E-state index in [1.807, 2.05) is 32.2 Å². The Labute approximate surface area is 156 Å². The minimum atomic E-state index is -0.180. The Morgan fingerprint density at radius 1 is 1.12 bits per heavy atom. The fourth-order valence-corrected chi connectivity index (χ4v) is 2.58. The number of pyridine rings is 1. The number of halogens is 1. The number of benzene rings is 1. The summed E-state index contributed by atoms with van der Waals surface area (Å²) >= 11 is 6.27. The fourth-order valence-electron chi connectivity index (χ4n) is 2.43. The molecule has 0 spiro atoms. The van der Waals surface area contributed by atoms with Gasteiger partial charge in [0.1, 0.15) is 5.82 Å². The number of aromatic nitrogens is 3. The zero-order chi connectivity index (χ0) is 18.7. The first-order valence-electron chi connectivity index (χ1n) is 7.99. The third-order valence-corrected chi connectivity index (χ3v) is 4.19. The van der Waals surface area contributed by atoms with Gasteiger partial charge in [0.15, 0.2) is 5.82 Å². The molecule has 3 aromatic rings. The molecule has 26 heavy (non-hydrogen) atoms. The quantitative estimate of drug-likeness (QED) is 0.638. The molecule has 1 amide bonds. The van der Waals surface area contributed by atoms with Crippen LogP contribution in [0.25, 0.3) is 0 Å². The molecule has 0 atom stereocenters. The predicted molar refractivity (Wildman–Crippen MR) is 104 cm³/mol. The minimum Gasteiger partial charge on any atom is -0.355 e. The van der Waals surface area contributed by atoms with Gasteiger partial charge >= 0.3 is 0 Å². The van der Waals surface area contributed by atoms with E-state index in [0.717, 1.165) is 5.69 Å². The van der Waals surface area contributed by atoms with E-state index in [-0.39, 0.29) is 5.91 Å². The standard InChI is InChI=1S/C18H19ClN6O/c1-11-8-17(24-25(11)3)23-16-9-15(13(19)10-21-16)22-14-7-5-4-6-12(14)18(26)20-2/h4-10H,1-3H3,(H,20,26)(H2,21,22,23,24). The van der Waals surface area contributed by atoms with Crippen LogP contribution in [0, 0.1) is 6.92 Å². The number of nitrogens with one attached hydrogen (secondary N) is 3. The van der Waals surface area contributed by atoms with Crippen molar-refractivity contribution in [3.05, 3.63) is 58.9 Å². The van der Waals surface area contributed by atoms with Gasteiger partial charge in [-0.1, -0.05) is 23.7 Å². The first-order valence-corrected chi connectivity index (χ1v) is 8.37. The van der Waals surface area contributed by atoms with E-state index in [2.05, 4.69) is 26.0 Å². The lowest BCUT2D eigenvalue weighted by Crippen LogP contribution is -2.19. The van der Waals surface area contributed by atoms with Gasteiger partial charge in [0.2, 0.25) is 0 Å². The third kappa shape index (κ3) is 3.78. The zero-order valence-corrected chi connectivity index (χ0v) is 15.4. The molecule has 0 saturated heterocycles. The lowest BCUT2D eigenvalue weighted by molar-refractivity contribution is 0.0964. The van der Waals surface area contributed by atoms with Crippen LogP contribution in [0.3, 0.4) is 0 Å². The molecule has 2 heterocycles. The Balaban J connectivity index is 1.88. The number of para-hydroxylation sites is 1. The van der Waals surface area contributed by atoms with Crippen molar-refractivity contribution < 1.29 is 4.79 Å². The molecule has 134 valence electrons. The van der Waals surface area contributed by atoms with Crippen molar-refractivity contribution in [1.29, 1.82) is 0 Å². The van der Waals surface area contributed by atoms with Crippen molar-refractivity contribution in [1.82, 2.24) is 20.1 Å². The molecule has 0 aliphatic heterocycles. The molecule has 0 fully saturated rings. The van der Waals surface area contributed by atoms with Gasteiger partial charge in [-0.2, -0.15) is 5.10 Å². The largest absolute Gasteiger partial charge is 0.355 e.